The summed E-state index contributed by atoms with van der Waals surface area (Å²) in [7, 11) is 0. The van der Waals surface area contributed by atoms with Crippen molar-refractivity contribution in [2.24, 2.45) is 0 Å². The third kappa shape index (κ3) is 3.07. The Morgan fingerprint density at radius 3 is 2.81 bits per heavy atom. The van der Waals surface area contributed by atoms with E-state index in [9.17, 15) is 4.79 Å². The van der Waals surface area contributed by atoms with Crippen LogP contribution in [-0.2, 0) is 14.3 Å². The van der Waals surface area contributed by atoms with Gasteiger partial charge < -0.3 is 9.47 Å². The fraction of sp³-hybridized carbons (Fsp3) is 0.417. The smallest absolute Gasteiger partial charge is 0.188 e. The number of carbonyl (C=O) groups is 1. The van der Waals surface area contributed by atoms with E-state index in [2.05, 4.69) is 0 Å². The molecule has 0 aliphatic carbocycles. The average molecular weight is 238 g/mol. The topological polar surface area (TPSA) is 35.5 Å². The molecule has 16 heavy (non-hydrogen) atoms. The van der Waals surface area contributed by atoms with Crippen molar-refractivity contribution < 1.29 is 14.3 Å². The van der Waals surface area contributed by atoms with Crippen molar-refractivity contribution in [2.45, 2.75) is 25.1 Å². The third-order valence-electron chi connectivity index (χ3n) is 2.27. The Kier molecular flexibility index (Phi) is 3.98. The maximum absolute atomic E-state index is 11.0. The standard InChI is InChI=1S/C12H14O3S/c1-9(13)16-11-7-8-14-12(15-11)10-5-3-2-4-6-10/h2-6,11-12H,7-8H2,1H3/t11-,12-/m0/s1. The molecule has 86 valence electrons. The van der Waals surface area contributed by atoms with Crippen LogP contribution in [0.5, 0.6) is 0 Å². The number of rotatable bonds is 2. The van der Waals surface area contributed by atoms with Crippen molar-refractivity contribution >= 4 is 16.9 Å². The van der Waals surface area contributed by atoms with Gasteiger partial charge in [-0.15, -0.1) is 0 Å². The molecule has 0 saturated carbocycles. The highest BCUT2D eigenvalue weighted by atomic mass is 32.2. The first kappa shape index (κ1) is 11.6. The van der Waals surface area contributed by atoms with Crippen LogP contribution in [0.4, 0.5) is 0 Å². The van der Waals surface area contributed by atoms with Gasteiger partial charge in [0, 0.05) is 18.9 Å². The van der Waals surface area contributed by atoms with Crippen molar-refractivity contribution in [3.8, 4) is 0 Å². The molecule has 0 unspecified atom stereocenters. The lowest BCUT2D eigenvalue weighted by atomic mass is 10.2. The van der Waals surface area contributed by atoms with Gasteiger partial charge in [0.05, 0.1) is 6.61 Å². The summed E-state index contributed by atoms with van der Waals surface area (Å²) < 4.78 is 11.2. The Morgan fingerprint density at radius 1 is 1.38 bits per heavy atom. The van der Waals surface area contributed by atoms with Gasteiger partial charge in [-0.05, 0) is 0 Å². The number of hydrogen-bond donors (Lipinski definition) is 0. The van der Waals surface area contributed by atoms with Gasteiger partial charge in [-0.1, -0.05) is 42.1 Å². The monoisotopic (exact) mass is 238 g/mol. The van der Waals surface area contributed by atoms with Gasteiger partial charge in [-0.2, -0.15) is 0 Å². The van der Waals surface area contributed by atoms with E-state index < -0.39 is 0 Å². The third-order valence-corrected chi connectivity index (χ3v) is 3.21. The molecule has 1 heterocycles. The molecule has 2 atom stereocenters. The maximum Gasteiger partial charge on any atom is 0.188 e. The Hall–Kier alpha value is -0.840. The minimum atomic E-state index is -0.341. The molecule has 2 rings (SSSR count). The molecular weight excluding hydrogens is 224 g/mol. The molecule has 0 N–H and O–H groups in total. The summed E-state index contributed by atoms with van der Waals surface area (Å²) in [5.74, 6) is 0. The molecule has 0 spiro atoms. The fourth-order valence-corrected chi connectivity index (χ4v) is 2.31. The van der Waals surface area contributed by atoms with Crippen LogP contribution in [0.15, 0.2) is 30.3 Å². The molecule has 1 aliphatic rings. The highest BCUT2D eigenvalue weighted by Gasteiger charge is 2.25. The molecular formula is C12H14O3S. The minimum Gasteiger partial charge on any atom is -0.348 e. The Labute approximate surface area is 99.1 Å². The summed E-state index contributed by atoms with van der Waals surface area (Å²) in [4.78, 5) is 11.0. The zero-order valence-electron chi connectivity index (χ0n) is 9.09. The van der Waals surface area contributed by atoms with Gasteiger partial charge in [0.1, 0.15) is 5.44 Å². The van der Waals surface area contributed by atoms with Gasteiger partial charge in [0.25, 0.3) is 0 Å². The first-order chi connectivity index (χ1) is 7.75. The predicted octanol–water partition coefficient (Wildman–Crippen LogP) is 2.73. The van der Waals surface area contributed by atoms with Gasteiger partial charge in [-0.3, -0.25) is 4.79 Å². The van der Waals surface area contributed by atoms with E-state index in [-0.39, 0.29) is 16.8 Å². The zero-order chi connectivity index (χ0) is 11.4. The highest BCUT2D eigenvalue weighted by Crippen LogP contribution is 2.31. The lowest BCUT2D eigenvalue weighted by Crippen LogP contribution is -2.25. The second-order valence-electron chi connectivity index (χ2n) is 3.58. The minimum absolute atomic E-state index is 0.0821. The fourth-order valence-electron chi connectivity index (χ4n) is 1.57. The van der Waals surface area contributed by atoms with Crippen LogP contribution >= 0.6 is 11.8 Å². The van der Waals surface area contributed by atoms with Crippen LogP contribution in [0.3, 0.4) is 0 Å². The number of benzene rings is 1. The van der Waals surface area contributed by atoms with Crippen LogP contribution in [0.1, 0.15) is 25.2 Å². The molecule has 3 nitrogen and oxygen atoms in total. The molecule has 1 aliphatic heterocycles. The first-order valence-electron chi connectivity index (χ1n) is 5.25. The summed E-state index contributed by atoms with van der Waals surface area (Å²) in [6, 6.07) is 9.78. The predicted molar refractivity (Wildman–Crippen MR) is 62.9 cm³/mol. The van der Waals surface area contributed by atoms with Gasteiger partial charge >= 0.3 is 0 Å². The highest BCUT2D eigenvalue weighted by molar-refractivity contribution is 8.13. The first-order valence-corrected chi connectivity index (χ1v) is 6.13. The van der Waals surface area contributed by atoms with Gasteiger partial charge in [0.15, 0.2) is 11.4 Å². The number of ether oxygens (including phenoxy) is 2. The van der Waals surface area contributed by atoms with Crippen LogP contribution in [0, 0.1) is 0 Å². The molecule has 4 heteroatoms. The lowest BCUT2D eigenvalue weighted by molar-refractivity contribution is -0.193. The molecule has 1 fully saturated rings. The molecule has 0 amide bonds. The SMILES string of the molecule is CC(=O)S[C@H]1CCO[C@H](c2ccccc2)O1. The van der Waals surface area contributed by atoms with Crippen molar-refractivity contribution in [1.29, 1.82) is 0 Å². The van der Waals surface area contributed by atoms with Crippen molar-refractivity contribution in [3.05, 3.63) is 35.9 Å². The average Bonchev–Trinajstić information content (AvgIpc) is 2.30. The summed E-state index contributed by atoms with van der Waals surface area (Å²) in [5.41, 5.74) is 0.910. The quantitative estimate of drug-likeness (QED) is 0.793. The van der Waals surface area contributed by atoms with E-state index in [0.717, 1.165) is 12.0 Å². The molecule has 0 aromatic heterocycles. The van der Waals surface area contributed by atoms with Crippen LogP contribution in [-0.4, -0.2) is 17.2 Å². The molecule has 0 bridgehead atoms. The van der Waals surface area contributed by atoms with Gasteiger partial charge in [-0.25, -0.2) is 0 Å². The molecule has 1 aromatic carbocycles. The van der Waals surface area contributed by atoms with E-state index in [4.69, 9.17) is 9.47 Å². The van der Waals surface area contributed by atoms with Crippen molar-refractivity contribution in [1.82, 2.24) is 0 Å². The molecule has 1 aromatic rings. The summed E-state index contributed by atoms with van der Waals surface area (Å²) >= 11 is 1.23. The van der Waals surface area contributed by atoms with E-state index in [1.54, 1.807) is 6.92 Å². The number of carbonyl (C=O) groups excluding carboxylic acids is 1. The van der Waals surface area contributed by atoms with Crippen molar-refractivity contribution in [3.63, 3.8) is 0 Å². The van der Waals surface area contributed by atoms with Crippen LogP contribution < -0.4 is 0 Å². The Morgan fingerprint density at radius 2 is 2.12 bits per heavy atom. The van der Waals surface area contributed by atoms with E-state index >= 15 is 0 Å². The van der Waals surface area contributed by atoms with Gasteiger partial charge in [0.2, 0.25) is 0 Å². The summed E-state index contributed by atoms with van der Waals surface area (Å²) in [5, 5.41) is 0.0821. The van der Waals surface area contributed by atoms with E-state index in [1.165, 1.54) is 11.8 Å². The van der Waals surface area contributed by atoms with Crippen LogP contribution in [0.25, 0.3) is 0 Å². The summed E-state index contributed by atoms with van der Waals surface area (Å²) in [6.07, 6.45) is 0.417. The van der Waals surface area contributed by atoms with Crippen LogP contribution in [0.2, 0.25) is 0 Å². The van der Waals surface area contributed by atoms with Crippen molar-refractivity contribution in [2.75, 3.05) is 6.61 Å². The van der Waals surface area contributed by atoms with E-state index in [1.807, 2.05) is 30.3 Å². The number of thioether (sulfide) groups is 1. The zero-order valence-corrected chi connectivity index (χ0v) is 9.91. The lowest BCUT2D eigenvalue weighted by Gasteiger charge is -2.29. The second-order valence-corrected chi connectivity index (χ2v) is 4.91. The maximum atomic E-state index is 11.0. The number of hydrogen-bond acceptors (Lipinski definition) is 4. The molecule has 0 radical (unpaired) electrons. The second kappa shape index (κ2) is 5.48. The van der Waals surface area contributed by atoms with E-state index in [0.29, 0.717) is 6.61 Å². The largest absolute Gasteiger partial charge is 0.348 e. The normalized spacial score (nSPS) is 25.3. The molecule has 1 saturated heterocycles. The summed E-state index contributed by atoms with van der Waals surface area (Å²) in [6.45, 7) is 2.19. The Balaban J connectivity index is 1.99. The Bertz CT molecular complexity index is 353.